The summed E-state index contributed by atoms with van der Waals surface area (Å²) in [6, 6.07) is 10.5. The van der Waals surface area contributed by atoms with E-state index in [-0.39, 0.29) is 24.3 Å². The Morgan fingerprint density at radius 1 is 0.507 bits per heavy atom. The largest absolute Gasteiger partial charge is 0.504 e. The molecule has 404 valence electrons. The number of phenols is 1. The molecule has 0 amide bonds. The number of esters is 2. The molecule has 8 nitrogen and oxygen atoms in total. The molecule has 0 spiro atoms. The van der Waals surface area contributed by atoms with Gasteiger partial charge in [0.15, 0.2) is 35.2 Å². The first kappa shape index (κ1) is 61.6. The molecule has 0 saturated carbocycles. The topological polar surface area (TPSA) is 101 Å². The molecule has 1 N–H and O–H groups in total. The minimum absolute atomic E-state index is 0.0122. The summed E-state index contributed by atoms with van der Waals surface area (Å²) in [6.45, 7) is 5.01. The van der Waals surface area contributed by atoms with E-state index >= 15 is 0 Å². The lowest BCUT2D eigenvalue weighted by atomic mass is 10.0. The van der Waals surface area contributed by atoms with Crippen LogP contribution in [0.25, 0.3) is 6.08 Å². The van der Waals surface area contributed by atoms with E-state index in [1.54, 1.807) is 30.3 Å². The van der Waals surface area contributed by atoms with Crippen LogP contribution in [0.15, 0.2) is 42.5 Å². The molecule has 1 aliphatic rings. The van der Waals surface area contributed by atoms with Crippen molar-refractivity contribution in [1.82, 2.24) is 0 Å². The summed E-state index contributed by atoms with van der Waals surface area (Å²) in [4.78, 5) is 25.5. The van der Waals surface area contributed by atoms with Crippen LogP contribution in [0.5, 0.6) is 23.0 Å². The van der Waals surface area contributed by atoms with Crippen molar-refractivity contribution in [2.24, 2.45) is 0 Å². The number of unbranched alkanes of at least 4 members (excludes halogenated alkanes) is 37. The highest BCUT2D eigenvalue weighted by molar-refractivity contribution is 5.87. The third-order valence-corrected chi connectivity index (χ3v) is 14.4. The molecule has 1 heterocycles. The Morgan fingerprint density at radius 2 is 0.944 bits per heavy atom. The Morgan fingerprint density at radius 3 is 1.39 bits per heavy atom. The lowest BCUT2D eigenvalue weighted by molar-refractivity contribution is -0.148. The number of hydrogen-bond acceptors (Lipinski definition) is 8. The van der Waals surface area contributed by atoms with E-state index in [2.05, 4.69) is 13.8 Å². The molecule has 71 heavy (non-hydrogen) atoms. The normalized spacial score (nSPS) is 14.3. The molecule has 0 aromatic heterocycles. The smallest absolute Gasteiger partial charge is 0.330 e. The zero-order chi connectivity index (χ0) is 50.7. The Bertz CT molecular complexity index is 1640. The molecule has 2 aromatic carbocycles. The monoisotopic (exact) mass is 989 g/mol. The first-order chi connectivity index (χ1) is 34.9. The Hall–Kier alpha value is -3.68. The molecule has 0 saturated heterocycles. The van der Waals surface area contributed by atoms with Crippen LogP contribution in [0.3, 0.4) is 0 Å². The van der Waals surface area contributed by atoms with Crippen LogP contribution >= 0.6 is 0 Å². The van der Waals surface area contributed by atoms with Crippen molar-refractivity contribution in [3.05, 3.63) is 53.6 Å². The molecule has 8 heteroatoms. The summed E-state index contributed by atoms with van der Waals surface area (Å²) < 4.78 is 29.6. The number of ether oxygens (including phenoxy) is 5. The number of carbonyl (C=O) groups is 2. The summed E-state index contributed by atoms with van der Waals surface area (Å²) in [5, 5.41) is 10.3. The number of benzene rings is 2. The highest BCUT2D eigenvalue weighted by atomic mass is 16.6. The van der Waals surface area contributed by atoms with Gasteiger partial charge in [0.05, 0.1) is 13.7 Å². The molecule has 0 fully saturated rings. The number of phenolic OH excluding ortho intramolecular Hbond substituents is 1. The van der Waals surface area contributed by atoms with Gasteiger partial charge in [-0.25, -0.2) is 4.79 Å². The molecule has 2 aromatic rings. The maximum absolute atomic E-state index is 12.9. The molecule has 2 unspecified atom stereocenters. The summed E-state index contributed by atoms with van der Waals surface area (Å²) in [5.41, 5.74) is 1.47. The number of rotatable bonds is 47. The van der Waals surface area contributed by atoms with Gasteiger partial charge in [-0.1, -0.05) is 264 Å². The van der Waals surface area contributed by atoms with E-state index in [1.807, 2.05) is 12.1 Å². The number of hydrogen-bond donors (Lipinski definition) is 1. The van der Waals surface area contributed by atoms with Crippen molar-refractivity contribution < 1.29 is 38.4 Å². The SMILES string of the molecule is CCCCCCCCCCCCCCCCCCCCCCOC(=O)C=Cc1ccc2c(c1)OC(c1ccc(O)c(OC)c1)C(COC(=O)CCCCCCCCCCCCCCCCCCCCC)O2. The van der Waals surface area contributed by atoms with Gasteiger partial charge in [0.1, 0.15) is 6.61 Å². The quantitative estimate of drug-likeness (QED) is 0.0398. The summed E-state index contributed by atoms with van der Waals surface area (Å²) in [5.74, 6) is 0.730. The van der Waals surface area contributed by atoms with E-state index in [4.69, 9.17) is 23.7 Å². The third kappa shape index (κ3) is 30.8. The van der Waals surface area contributed by atoms with Crippen LogP contribution in [0, 0.1) is 0 Å². The second-order valence-corrected chi connectivity index (χ2v) is 20.8. The van der Waals surface area contributed by atoms with Crippen LogP contribution in [-0.2, 0) is 19.1 Å². The summed E-state index contributed by atoms with van der Waals surface area (Å²) in [7, 11) is 1.50. The molecular formula is C63H104O8. The number of aromatic hydroxyl groups is 1. The molecule has 0 aliphatic carbocycles. The van der Waals surface area contributed by atoms with Gasteiger partial charge >= 0.3 is 11.9 Å². The standard InChI is InChI=1S/C63H104O8/c1-4-6-8-10-12-14-16-18-20-22-24-26-28-30-32-34-36-38-40-42-50-68-62(66)49-45-54-44-48-57-59(51-54)71-63(55-46-47-56(64)58(52-55)67-3)60(70-57)53-69-61(65)43-41-39-37-35-33-31-29-27-25-23-21-19-17-15-13-11-9-7-5-2/h44-49,51-52,60,63-64H,4-43,50,53H2,1-3H3. The number of fused-ring (bicyclic) bond motifs is 1. The van der Waals surface area contributed by atoms with E-state index in [0.29, 0.717) is 35.8 Å². The second kappa shape index (κ2) is 42.8. The molecule has 0 bridgehead atoms. The van der Waals surface area contributed by atoms with Crippen molar-refractivity contribution in [1.29, 1.82) is 0 Å². The fourth-order valence-corrected chi connectivity index (χ4v) is 9.87. The van der Waals surface area contributed by atoms with Gasteiger partial charge in [0, 0.05) is 18.1 Å². The van der Waals surface area contributed by atoms with Crippen LogP contribution in [0.2, 0.25) is 0 Å². The van der Waals surface area contributed by atoms with E-state index < -0.39 is 12.2 Å². The van der Waals surface area contributed by atoms with Crippen molar-refractivity contribution in [2.45, 2.75) is 283 Å². The van der Waals surface area contributed by atoms with E-state index in [0.717, 1.165) is 37.7 Å². The molecule has 2 atom stereocenters. The highest BCUT2D eigenvalue weighted by Gasteiger charge is 2.35. The van der Waals surface area contributed by atoms with Gasteiger partial charge in [-0.3, -0.25) is 4.79 Å². The fourth-order valence-electron chi connectivity index (χ4n) is 9.87. The van der Waals surface area contributed by atoms with Gasteiger partial charge in [0.25, 0.3) is 0 Å². The third-order valence-electron chi connectivity index (χ3n) is 14.4. The van der Waals surface area contributed by atoms with E-state index in [9.17, 15) is 14.7 Å². The van der Waals surface area contributed by atoms with Crippen LogP contribution in [-0.4, -0.2) is 43.5 Å². The molecule has 1 aliphatic heterocycles. The predicted molar refractivity (Wildman–Crippen MR) is 296 cm³/mol. The second-order valence-electron chi connectivity index (χ2n) is 20.8. The van der Waals surface area contributed by atoms with Gasteiger partial charge < -0.3 is 28.8 Å². The first-order valence-corrected chi connectivity index (χ1v) is 29.8. The van der Waals surface area contributed by atoms with Crippen molar-refractivity contribution >= 4 is 18.0 Å². The zero-order valence-corrected chi connectivity index (χ0v) is 45.8. The summed E-state index contributed by atoms with van der Waals surface area (Å²) >= 11 is 0. The minimum Gasteiger partial charge on any atom is -0.504 e. The van der Waals surface area contributed by atoms with E-state index in [1.165, 1.54) is 231 Å². The number of carbonyl (C=O) groups excluding carboxylic acids is 2. The van der Waals surface area contributed by atoms with Gasteiger partial charge in [-0.05, 0) is 48.7 Å². The maximum atomic E-state index is 12.9. The first-order valence-electron chi connectivity index (χ1n) is 29.8. The molecular weight excluding hydrogens is 885 g/mol. The predicted octanol–water partition coefficient (Wildman–Crippen LogP) is 19.0. The van der Waals surface area contributed by atoms with Gasteiger partial charge in [0.2, 0.25) is 0 Å². The Labute approximate surface area is 434 Å². The van der Waals surface area contributed by atoms with Gasteiger partial charge in [-0.2, -0.15) is 0 Å². The van der Waals surface area contributed by atoms with Crippen LogP contribution in [0.4, 0.5) is 0 Å². The fraction of sp³-hybridized carbons (Fsp3) is 0.746. The van der Waals surface area contributed by atoms with Crippen LogP contribution < -0.4 is 14.2 Å². The highest BCUT2D eigenvalue weighted by Crippen LogP contribution is 2.42. The van der Waals surface area contributed by atoms with Crippen LogP contribution in [0.1, 0.15) is 288 Å². The van der Waals surface area contributed by atoms with Crippen molar-refractivity contribution in [2.75, 3.05) is 20.3 Å². The number of methoxy groups -OCH3 is 1. The molecule has 3 rings (SSSR count). The molecule has 0 radical (unpaired) electrons. The van der Waals surface area contributed by atoms with Crippen molar-refractivity contribution in [3.63, 3.8) is 0 Å². The average molecular weight is 990 g/mol. The lowest BCUT2D eigenvalue weighted by Gasteiger charge is -2.34. The summed E-state index contributed by atoms with van der Waals surface area (Å²) in [6.07, 6.45) is 53.9. The lowest BCUT2D eigenvalue weighted by Crippen LogP contribution is -2.37. The zero-order valence-electron chi connectivity index (χ0n) is 45.8. The Balaban J connectivity index is 1.26. The van der Waals surface area contributed by atoms with Crippen molar-refractivity contribution in [3.8, 4) is 23.0 Å². The minimum atomic E-state index is -0.645. The average Bonchev–Trinajstić information content (AvgIpc) is 3.38. The van der Waals surface area contributed by atoms with Gasteiger partial charge in [-0.15, -0.1) is 0 Å². The maximum Gasteiger partial charge on any atom is 0.330 e. The Kier molecular flexibility index (Phi) is 37.1.